The summed E-state index contributed by atoms with van der Waals surface area (Å²) in [6.07, 6.45) is 10.0. The molecule has 6 rings (SSSR count). The van der Waals surface area contributed by atoms with Crippen LogP contribution in [0.1, 0.15) is 63.4 Å². The summed E-state index contributed by atoms with van der Waals surface area (Å²) in [4.78, 5) is 12.2. The van der Waals surface area contributed by atoms with Crippen molar-refractivity contribution in [3.63, 3.8) is 0 Å². The van der Waals surface area contributed by atoms with E-state index in [4.69, 9.17) is 9.47 Å². The van der Waals surface area contributed by atoms with Crippen LogP contribution in [0, 0.1) is 41.8 Å². The van der Waals surface area contributed by atoms with Gasteiger partial charge in [-0.3, -0.25) is 9.00 Å². The van der Waals surface area contributed by atoms with Gasteiger partial charge in [-0.2, -0.15) is 0 Å². The van der Waals surface area contributed by atoms with Crippen LogP contribution in [0.3, 0.4) is 0 Å². The SMILES string of the molecule is COC(=O)C1CCCC1S(=O)c1cc(C)c(OCC23CC4CC(CC(C4)C2)C3)cc1F. The van der Waals surface area contributed by atoms with E-state index in [1.54, 1.807) is 6.07 Å². The second-order valence-electron chi connectivity index (χ2n) is 10.7. The highest BCUT2D eigenvalue weighted by Crippen LogP contribution is 2.60. The van der Waals surface area contributed by atoms with E-state index in [1.807, 2.05) is 6.92 Å². The Bertz CT molecular complexity index is 862. The van der Waals surface area contributed by atoms with E-state index in [0.717, 1.165) is 29.7 Å². The topological polar surface area (TPSA) is 52.6 Å². The fourth-order valence-corrected chi connectivity index (χ4v) is 9.21. The molecule has 4 bridgehead atoms. The Balaban J connectivity index is 1.31. The van der Waals surface area contributed by atoms with Crippen molar-refractivity contribution >= 4 is 16.8 Å². The fourth-order valence-electron chi connectivity index (χ4n) is 7.41. The van der Waals surface area contributed by atoms with E-state index in [2.05, 4.69) is 0 Å². The maximum Gasteiger partial charge on any atom is 0.309 e. The first-order valence-electron chi connectivity index (χ1n) is 11.8. The molecule has 0 aromatic heterocycles. The van der Waals surface area contributed by atoms with E-state index >= 15 is 4.39 Å². The molecule has 0 radical (unpaired) electrons. The number of ether oxygens (including phenoxy) is 2. The van der Waals surface area contributed by atoms with Crippen LogP contribution in [0.4, 0.5) is 4.39 Å². The van der Waals surface area contributed by atoms with E-state index in [9.17, 15) is 9.00 Å². The molecule has 170 valence electrons. The molecule has 0 N–H and O–H groups in total. The van der Waals surface area contributed by atoms with Crippen LogP contribution >= 0.6 is 0 Å². The minimum absolute atomic E-state index is 0.181. The Morgan fingerprint density at radius 1 is 1.13 bits per heavy atom. The van der Waals surface area contributed by atoms with Crippen LogP contribution in [-0.4, -0.2) is 29.1 Å². The van der Waals surface area contributed by atoms with Gasteiger partial charge < -0.3 is 9.47 Å². The van der Waals surface area contributed by atoms with E-state index in [-0.39, 0.29) is 21.5 Å². The molecule has 3 unspecified atom stereocenters. The third-order valence-electron chi connectivity index (χ3n) is 8.38. The minimum atomic E-state index is -1.59. The largest absolute Gasteiger partial charge is 0.493 e. The molecule has 6 heteroatoms. The second kappa shape index (κ2) is 8.17. The molecule has 4 nitrogen and oxygen atoms in total. The van der Waals surface area contributed by atoms with Gasteiger partial charge in [0.25, 0.3) is 0 Å². The molecule has 3 atom stereocenters. The van der Waals surface area contributed by atoms with Gasteiger partial charge in [0.15, 0.2) is 0 Å². The standard InChI is InChI=1S/C25H33FO4S/c1-15-6-23(31(28)22-5-3-4-19(22)24(27)29-2)20(26)10-21(15)30-14-25-11-16-7-17(12-25)9-18(8-16)13-25/h6,10,16-19,22H,3-5,7-9,11-14H2,1-2H3. The zero-order valence-corrected chi connectivity index (χ0v) is 19.3. The molecule has 0 amide bonds. The number of esters is 1. The van der Waals surface area contributed by atoms with Gasteiger partial charge in [0.1, 0.15) is 11.6 Å². The predicted octanol–water partition coefficient (Wildman–Crippen LogP) is 5.18. The third kappa shape index (κ3) is 3.94. The van der Waals surface area contributed by atoms with Crippen LogP contribution in [0.15, 0.2) is 17.0 Å². The number of aryl methyl sites for hydroxylation is 1. The Morgan fingerprint density at radius 3 is 2.39 bits per heavy atom. The lowest BCUT2D eigenvalue weighted by molar-refractivity contribution is -0.145. The highest BCUT2D eigenvalue weighted by molar-refractivity contribution is 7.85. The molecule has 0 saturated heterocycles. The molecule has 5 aliphatic rings. The molecule has 5 saturated carbocycles. The number of rotatable bonds is 6. The molecule has 31 heavy (non-hydrogen) atoms. The van der Waals surface area contributed by atoms with Crippen LogP contribution in [-0.2, 0) is 20.3 Å². The second-order valence-corrected chi connectivity index (χ2v) is 12.3. The van der Waals surface area contributed by atoms with Crippen molar-refractivity contribution in [1.82, 2.24) is 0 Å². The number of halogens is 1. The zero-order chi connectivity index (χ0) is 21.8. The number of hydrogen-bond donors (Lipinski definition) is 0. The molecule has 5 fully saturated rings. The molecule has 0 heterocycles. The molecular weight excluding hydrogens is 415 g/mol. The van der Waals surface area contributed by atoms with Crippen molar-refractivity contribution in [3.05, 3.63) is 23.5 Å². The van der Waals surface area contributed by atoms with Crippen molar-refractivity contribution in [1.29, 1.82) is 0 Å². The van der Waals surface area contributed by atoms with Gasteiger partial charge in [-0.25, -0.2) is 4.39 Å². The summed E-state index contributed by atoms with van der Waals surface area (Å²) in [7, 11) is -0.237. The lowest BCUT2D eigenvalue weighted by Gasteiger charge is -2.56. The van der Waals surface area contributed by atoms with Crippen molar-refractivity contribution in [2.24, 2.45) is 29.1 Å². The number of hydrogen-bond acceptors (Lipinski definition) is 4. The monoisotopic (exact) mass is 448 g/mol. The van der Waals surface area contributed by atoms with Gasteiger partial charge in [-0.1, -0.05) is 6.42 Å². The maximum absolute atomic E-state index is 15.0. The predicted molar refractivity (Wildman–Crippen MR) is 117 cm³/mol. The first-order chi connectivity index (χ1) is 14.9. The number of benzene rings is 1. The number of methoxy groups -OCH3 is 1. The summed E-state index contributed by atoms with van der Waals surface area (Å²) >= 11 is 0. The summed E-state index contributed by atoms with van der Waals surface area (Å²) in [5, 5.41) is -0.389. The van der Waals surface area contributed by atoms with E-state index < -0.39 is 22.5 Å². The van der Waals surface area contributed by atoms with Crippen LogP contribution < -0.4 is 4.74 Å². The van der Waals surface area contributed by atoms with Crippen molar-refractivity contribution in [2.45, 2.75) is 74.9 Å². The molecule has 5 aliphatic carbocycles. The van der Waals surface area contributed by atoms with Crippen molar-refractivity contribution in [2.75, 3.05) is 13.7 Å². The summed E-state index contributed by atoms with van der Waals surface area (Å²) in [6, 6.07) is 3.07. The Hall–Kier alpha value is -1.43. The highest BCUT2D eigenvalue weighted by atomic mass is 32.2. The van der Waals surface area contributed by atoms with Gasteiger partial charge in [0.05, 0.1) is 40.6 Å². The molecule has 0 spiro atoms. The summed E-state index contributed by atoms with van der Waals surface area (Å²) in [5.74, 6) is 1.86. The summed E-state index contributed by atoms with van der Waals surface area (Å²) in [5.41, 5.74) is 1.07. The molecule has 1 aromatic rings. The molecular formula is C25H33FO4S. The van der Waals surface area contributed by atoms with Gasteiger partial charge in [0, 0.05) is 11.5 Å². The third-order valence-corrected chi connectivity index (χ3v) is 10.2. The molecule has 0 aliphatic heterocycles. The van der Waals surface area contributed by atoms with Gasteiger partial charge in [-0.05, 0) is 87.7 Å². The Morgan fingerprint density at radius 2 is 1.77 bits per heavy atom. The minimum Gasteiger partial charge on any atom is -0.493 e. The first kappa shape index (κ1) is 21.4. The average molecular weight is 449 g/mol. The van der Waals surface area contributed by atoms with Gasteiger partial charge >= 0.3 is 5.97 Å². The maximum atomic E-state index is 15.0. The average Bonchev–Trinajstić information content (AvgIpc) is 3.22. The fraction of sp³-hybridized carbons (Fsp3) is 0.720. The van der Waals surface area contributed by atoms with E-state index in [0.29, 0.717) is 25.2 Å². The zero-order valence-electron chi connectivity index (χ0n) is 18.5. The van der Waals surface area contributed by atoms with Crippen molar-refractivity contribution in [3.8, 4) is 5.75 Å². The number of carbonyl (C=O) groups is 1. The Kier molecular flexibility index (Phi) is 5.64. The van der Waals surface area contributed by atoms with Gasteiger partial charge in [0.2, 0.25) is 0 Å². The molecule has 1 aromatic carbocycles. The van der Waals surface area contributed by atoms with Gasteiger partial charge in [-0.15, -0.1) is 0 Å². The Labute approximate surface area is 186 Å². The lowest BCUT2D eigenvalue weighted by Crippen LogP contribution is -2.48. The lowest BCUT2D eigenvalue weighted by atomic mass is 9.50. The van der Waals surface area contributed by atoms with Crippen LogP contribution in [0.25, 0.3) is 0 Å². The van der Waals surface area contributed by atoms with Crippen LogP contribution in [0.5, 0.6) is 5.75 Å². The first-order valence-corrected chi connectivity index (χ1v) is 13.0. The summed E-state index contributed by atoms with van der Waals surface area (Å²) < 4.78 is 39.3. The van der Waals surface area contributed by atoms with E-state index in [1.165, 1.54) is 51.7 Å². The van der Waals surface area contributed by atoms with Crippen LogP contribution in [0.2, 0.25) is 0 Å². The smallest absolute Gasteiger partial charge is 0.309 e. The normalized spacial score (nSPS) is 37.1. The quantitative estimate of drug-likeness (QED) is 0.563. The highest BCUT2D eigenvalue weighted by Gasteiger charge is 2.51. The summed E-state index contributed by atoms with van der Waals surface area (Å²) in [6.45, 7) is 2.55. The number of carbonyl (C=O) groups excluding carboxylic acids is 1. The van der Waals surface area contributed by atoms with Crippen molar-refractivity contribution < 1.29 is 22.9 Å².